The molecule has 11 nitrogen and oxygen atoms in total. The topological polar surface area (TPSA) is 156 Å². The Morgan fingerprint density at radius 3 is 2.62 bits per heavy atom. The highest BCUT2D eigenvalue weighted by atomic mass is 35.5. The van der Waals surface area contributed by atoms with Gasteiger partial charge in [-0.3, -0.25) is 5.32 Å². The van der Waals surface area contributed by atoms with Crippen molar-refractivity contribution in [2.24, 2.45) is 0 Å². The number of urea groups is 1. The van der Waals surface area contributed by atoms with Crippen LogP contribution in [-0.4, -0.2) is 43.1 Å². The number of rotatable bonds is 6. The van der Waals surface area contributed by atoms with Gasteiger partial charge in [0.05, 0.1) is 12.1 Å². The van der Waals surface area contributed by atoms with E-state index in [0.717, 1.165) is 0 Å². The van der Waals surface area contributed by atoms with Gasteiger partial charge in [0.15, 0.2) is 6.61 Å². The molecule has 0 radical (unpaired) electrons. The molecule has 1 aromatic heterocycles. The van der Waals surface area contributed by atoms with Crippen LogP contribution >= 0.6 is 11.6 Å². The van der Waals surface area contributed by atoms with Crippen molar-refractivity contribution in [1.82, 2.24) is 19.7 Å². The molecular weight excluding hydrogens is 388 g/mol. The van der Waals surface area contributed by atoms with E-state index < -0.39 is 16.1 Å². The van der Waals surface area contributed by atoms with Crippen molar-refractivity contribution in [1.29, 1.82) is 5.26 Å². The molecule has 2 amide bonds. The Hall–Kier alpha value is -3.17. The number of carbonyl (C=O) groups excluding carboxylic acids is 1. The first-order chi connectivity index (χ1) is 12.4. The minimum Gasteiger partial charge on any atom is -0.467 e. The molecule has 1 aromatic carbocycles. The molecule has 2 N–H and O–H groups in total. The first-order valence-electron chi connectivity index (χ1n) is 6.74. The fourth-order valence-corrected chi connectivity index (χ4v) is 3.04. The van der Waals surface area contributed by atoms with Gasteiger partial charge in [0, 0.05) is 0 Å². The van der Waals surface area contributed by atoms with E-state index in [-0.39, 0.29) is 34.5 Å². The summed E-state index contributed by atoms with van der Waals surface area (Å²) in [6.07, 6.45) is 0. The maximum atomic E-state index is 12.2. The van der Waals surface area contributed by atoms with Gasteiger partial charge >= 0.3 is 18.1 Å². The summed E-state index contributed by atoms with van der Waals surface area (Å²) in [6.45, 7) is -0.348. The van der Waals surface area contributed by atoms with Gasteiger partial charge in [-0.1, -0.05) is 23.7 Å². The summed E-state index contributed by atoms with van der Waals surface area (Å²) in [5, 5.41) is 10.5. The quantitative estimate of drug-likeness (QED) is 0.722. The van der Waals surface area contributed by atoms with Gasteiger partial charge in [0.2, 0.25) is 5.95 Å². The van der Waals surface area contributed by atoms with E-state index in [1.807, 2.05) is 0 Å². The second-order valence-corrected chi connectivity index (χ2v) is 6.42. The van der Waals surface area contributed by atoms with Gasteiger partial charge in [-0.05, 0) is 12.1 Å². The van der Waals surface area contributed by atoms with Crippen LogP contribution in [0.3, 0.4) is 0 Å². The highest BCUT2D eigenvalue weighted by molar-refractivity contribution is 7.90. The van der Waals surface area contributed by atoms with Gasteiger partial charge < -0.3 is 9.47 Å². The van der Waals surface area contributed by atoms with E-state index in [1.54, 1.807) is 16.9 Å². The van der Waals surface area contributed by atoms with Crippen molar-refractivity contribution < 1.29 is 22.7 Å². The molecule has 0 fully saturated rings. The molecule has 2 aromatic rings. The molecule has 0 unspecified atom stereocenters. The van der Waals surface area contributed by atoms with E-state index in [0.29, 0.717) is 0 Å². The normalized spacial score (nSPS) is 10.5. The Kier molecular flexibility index (Phi) is 6.10. The Balaban J connectivity index is 2.17. The molecule has 0 saturated heterocycles. The van der Waals surface area contributed by atoms with Gasteiger partial charge in [-0.15, -0.1) is 4.98 Å². The summed E-state index contributed by atoms with van der Waals surface area (Å²) in [5.74, 6) is -0.350. The Morgan fingerprint density at radius 1 is 1.27 bits per heavy atom. The molecule has 0 atom stereocenters. The van der Waals surface area contributed by atoms with E-state index in [1.165, 1.54) is 25.3 Å². The summed E-state index contributed by atoms with van der Waals surface area (Å²) >= 11 is 5.82. The summed E-state index contributed by atoms with van der Waals surface area (Å²) in [5.41, 5.74) is 0. The number of nitrogens with one attached hydrogen (secondary N) is 2. The SMILES string of the molecule is COc1nc(NC(=O)NS(=O)(=O)c2ccccc2Cl)nc(OCC#N)n1. The molecule has 0 aliphatic rings. The smallest absolute Gasteiger partial charge is 0.335 e. The van der Waals surface area contributed by atoms with Crippen LogP contribution in [0, 0.1) is 11.3 Å². The number of amides is 2. The average Bonchev–Trinajstić information content (AvgIpc) is 2.59. The van der Waals surface area contributed by atoms with E-state index >= 15 is 0 Å². The van der Waals surface area contributed by atoms with Crippen LogP contribution in [0.2, 0.25) is 5.02 Å². The number of aromatic nitrogens is 3. The largest absolute Gasteiger partial charge is 0.467 e. The first kappa shape index (κ1) is 19.2. The monoisotopic (exact) mass is 398 g/mol. The van der Waals surface area contributed by atoms with Crippen molar-refractivity contribution in [2.75, 3.05) is 19.0 Å². The summed E-state index contributed by atoms with van der Waals surface area (Å²) in [6, 6.07) is 5.66. The van der Waals surface area contributed by atoms with Crippen molar-refractivity contribution in [3.8, 4) is 18.1 Å². The number of hydrogen-bond donors (Lipinski definition) is 2. The zero-order valence-corrected chi connectivity index (χ0v) is 14.7. The third-order valence-corrected chi connectivity index (χ3v) is 4.45. The molecular formula is C13H11ClN6O5S. The van der Waals surface area contributed by atoms with Crippen LogP contribution in [0.1, 0.15) is 0 Å². The Morgan fingerprint density at radius 2 is 1.96 bits per heavy atom. The van der Waals surface area contributed by atoms with E-state index in [9.17, 15) is 13.2 Å². The maximum Gasteiger partial charge on any atom is 0.335 e. The standard InChI is InChI=1S/C13H11ClN6O5S/c1-24-12-17-10(18-13(19-12)25-7-6-15)16-11(21)20-26(22,23)9-5-3-2-4-8(9)14/h2-5H,7H2,1H3,(H2,16,17,18,19,20,21). The van der Waals surface area contributed by atoms with Crippen LogP contribution in [-0.2, 0) is 10.0 Å². The maximum absolute atomic E-state index is 12.2. The minimum atomic E-state index is -4.22. The predicted molar refractivity (Wildman–Crippen MR) is 88.3 cm³/mol. The fourth-order valence-electron chi connectivity index (χ4n) is 1.61. The third-order valence-electron chi connectivity index (χ3n) is 2.62. The highest BCUT2D eigenvalue weighted by Crippen LogP contribution is 2.20. The van der Waals surface area contributed by atoms with Crippen molar-refractivity contribution in [3.05, 3.63) is 29.3 Å². The average molecular weight is 399 g/mol. The number of benzene rings is 1. The van der Waals surface area contributed by atoms with E-state index in [2.05, 4.69) is 20.3 Å². The zero-order chi connectivity index (χ0) is 19.2. The molecule has 1 heterocycles. The number of nitrogens with zero attached hydrogens (tertiary/aromatic N) is 4. The molecule has 136 valence electrons. The van der Waals surface area contributed by atoms with Gasteiger partial charge in [0.25, 0.3) is 10.0 Å². The molecule has 0 aliphatic carbocycles. The van der Waals surface area contributed by atoms with Gasteiger partial charge in [-0.25, -0.2) is 17.9 Å². The molecule has 0 saturated carbocycles. The zero-order valence-electron chi connectivity index (χ0n) is 13.1. The molecule has 13 heteroatoms. The lowest BCUT2D eigenvalue weighted by molar-refractivity contribution is 0.256. The molecule has 0 spiro atoms. The second-order valence-electron chi connectivity index (χ2n) is 4.37. The van der Waals surface area contributed by atoms with E-state index in [4.69, 9.17) is 26.3 Å². The lowest BCUT2D eigenvalue weighted by atomic mass is 10.4. The number of halogens is 1. The minimum absolute atomic E-state index is 0.0539. The summed E-state index contributed by atoms with van der Waals surface area (Å²) in [4.78, 5) is 22.8. The highest BCUT2D eigenvalue weighted by Gasteiger charge is 2.21. The number of hydrogen-bond acceptors (Lipinski definition) is 9. The van der Waals surface area contributed by atoms with Crippen LogP contribution in [0.4, 0.5) is 10.7 Å². The van der Waals surface area contributed by atoms with Crippen LogP contribution < -0.4 is 19.5 Å². The number of sulfonamides is 1. The third kappa shape index (κ3) is 4.91. The molecule has 26 heavy (non-hydrogen) atoms. The Labute approximate surface area is 153 Å². The fraction of sp³-hybridized carbons (Fsp3) is 0.154. The van der Waals surface area contributed by atoms with Gasteiger partial charge in [0.1, 0.15) is 11.0 Å². The number of methoxy groups -OCH3 is 1. The van der Waals surface area contributed by atoms with Crippen LogP contribution in [0.15, 0.2) is 29.2 Å². The lowest BCUT2D eigenvalue weighted by Crippen LogP contribution is -2.35. The van der Waals surface area contributed by atoms with Crippen molar-refractivity contribution >= 4 is 33.6 Å². The van der Waals surface area contributed by atoms with Gasteiger partial charge in [-0.2, -0.15) is 15.2 Å². The molecule has 2 rings (SSSR count). The number of nitriles is 1. The van der Waals surface area contributed by atoms with Crippen LogP contribution in [0.5, 0.6) is 12.0 Å². The Bertz CT molecular complexity index is 962. The second kappa shape index (κ2) is 8.28. The first-order valence-corrected chi connectivity index (χ1v) is 8.60. The van der Waals surface area contributed by atoms with Crippen LogP contribution in [0.25, 0.3) is 0 Å². The predicted octanol–water partition coefficient (Wildman–Crippen LogP) is 0.946. The number of anilines is 1. The van der Waals surface area contributed by atoms with Crippen molar-refractivity contribution in [2.45, 2.75) is 4.90 Å². The summed E-state index contributed by atoms with van der Waals surface area (Å²) < 4.78 is 35.9. The van der Waals surface area contributed by atoms with Crippen molar-refractivity contribution in [3.63, 3.8) is 0 Å². The number of carbonyl (C=O) groups is 1. The summed E-state index contributed by atoms with van der Waals surface area (Å²) in [7, 11) is -2.96. The molecule has 0 bridgehead atoms. The molecule has 0 aliphatic heterocycles. The lowest BCUT2D eigenvalue weighted by Gasteiger charge is -2.09. The number of ether oxygens (including phenoxy) is 2.